The Bertz CT molecular complexity index is 1420. The van der Waals surface area contributed by atoms with Gasteiger partial charge in [-0.2, -0.15) is 0 Å². The molecule has 2 aromatic carbocycles. The first-order valence-electron chi connectivity index (χ1n) is 11.3. The van der Waals surface area contributed by atoms with Crippen molar-refractivity contribution in [2.24, 2.45) is 5.16 Å². The fourth-order valence-electron chi connectivity index (χ4n) is 3.30. The first kappa shape index (κ1) is 24.9. The van der Waals surface area contributed by atoms with E-state index in [-0.39, 0.29) is 0 Å². The molecule has 36 heavy (non-hydrogen) atoms. The molecule has 2 aromatic heterocycles. The van der Waals surface area contributed by atoms with E-state index < -0.39 is 0 Å². The summed E-state index contributed by atoms with van der Waals surface area (Å²) in [6.45, 7) is 3.26. The second-order valence-corrected chi connectivity index (χ2v) is 8.03. The highest BCUT2D eigenvalue weighted by molar-refractivity contribution is 6.32. The van der Waals surface area contributed by atoms with Gasteiger partial charge in [-0.1, -0.05) is 28.7 Å². The summed E-state index contributed by atoms with van der Waals surface area (Å²) < 4.78 is 5.84. The Kier molecular flexibility index (Phi) is 8.65. The molecule has 2 heterocycles. The van der Waals surface area contributed by atoms with Gasteiger partial charge in [-0.3, -0.25) is 4.98 Å². The van der Waals surface area contributed by atoms with Crippen molar-refractivity contribution in [3.63, 3.8) is 0 Å². The summed E-state index contributed by atoms with van der Waals surface area (Å²) >= 11 is 6.49. The van der Waals surface area contributed by atoms with Crippen LogP contribution in [0.15, 0.2) is 72.4 Å². The van der Waals surface area contributed by atoms with Crippen LogP contribution in [-0.2, 0) is 11.4 Å². The summed E-state index contributed by atoms with van der Waals surface area (Å²) in [4.78, 5) is 18.3. The maximum absolute atomic E-state index is 6.49. The molecule has 0 atom stereocenters. The Morgan fingerprint density at radius 1 is 1.14 bits per heavy atom. The van der Waals surface area contributed by atoms with E-state index >= 15 is 0 Å². The number of hydrogen-bond donors (Lipinski definition) is 2. The number of halogens is 1. The second kappa shape index (κ2) is 12.5. The molecule has 0 aliphatic carbocycles. The molecular formula is C27H25ClN6O2. The molecule has 0 saturated carbocycles. The van der Waals surface area contributed by atoms with Crippen LogP contribution in [0.5, 0.6) is 5.75 Å². The first-order chi connectivity index (χ1) is 17.7. The molecule has 2 N–H and O–H groups in total. The molecule has 4 rings (SSSR count). The van der Waals surface area contributed by atoms with Crippen molar-refractivity contribution in [3.8, 4) is 17.6 Å². The lowest BCUT2D eigenvalue weighted by Crippen LogP contribution is -2.13. The molecule has 8 nitrogen and oxygen atoms in total. The van der Waals surface area contributed by atoms with Gasteiger partial charge < -0.3 is 20.2 Å². The number of pyridine rings is 1. The number of rotatable bonds is 10. The van der Waals surface area contributed by atoms with Gasteiger partial charge in [0, 0.05) is 41.1 Å². The average Bonchev–Trinajstić information content (AvgIpc) is 2.90. The van der Waals surface area contributed by atoms with Crippen LogP contribution < -0.4 is 15.4 Å². The highest BCUT2D eigenvalue weighted by Crippen LogP contribution is 2.31. The minimum absolute atomic E-state index is 0.378. The van der Waals surface area contributed by atoms with Gasteiger partial charge in [0.25, 0.3) is 0 Å². The summed E-state index contributed by atoms with van der Waals surface area (Å²) in [6.07, 6.45) is 4.99. The fourth-order valence-corrected chi connectivity index (χ4v) is 3.54. The number of anilines is 2. The van der Waals surface area contributed by atoms with Crippen molar-refractivity contribution < 1.29 is 9.57 Å². The molecule has 0 fully saturated rings. The van der Waals surface area contributed by atoms with Crippen molar-refractivity contribution in [1.29, 1.82) is 0 Å². The lowest BCUT2D eigenvalue weighted by atomic mass is 10.1. The predicted molar refractivity (Wildman–Crippen MR) is 143 cm³/mol. The van der Waals surface area contributed by atoms with Gasteiger partial charge in [-0.25, -0.2) is 9.97 Å². The minimum atomic E-state index is 0.378. The Morgan fingerprint density at radius 3 is 2.83 bits per heavy atom. The minimum Gasteiger partial charge on any atom is -0.487 e. The van der Waals surface area contributed by atoms with Gasteiger partial charge >= 0.3 is 0 Å². The molecule has 0 aliphatic rings. The summed E-state index contributed by atoms with van der Waals surface area (Å²) in [7, 11) is 1.86. The van der Waals surface area contributed by atoms with E-state index in [1.54, 1.807) is 25.4 Å². The smallest absolute Gasteiger partial charge is 0.159 e. The van der Waals surface area contributed by atoms with Crippen LogP contribution in [0.3, 0.4) is 0 Å². The molecule has 0 amide bonds. The highest BCUT2D eigenvalue weighted by atomic mass is 35.5. The van der Waals surface area contributed by atoms with Gasteiger partial charge in [-0.15, -0.1) is 0 Å². The molecule has 0 unspecified atom stereocenters. The molecule has 0 spiro atoms. The van der Waals surface area contributed by atoms with Crippen molar-refractivity contribution in [2.45, 2.75) is 13.5 Å². The van der Waals surface area contributed by atoms with Crippen LogP contribution in [0, 0.1) is 11.8 Å². The van der Waals surface area contributed by atoms with E-state index in [1.165, 1.54) is 6.33 Å². The zero-order chi connectivity index (χ0) is 25.2. The Hall–Kier alpha value is -4.19. The topological polar surface area (TPSA) is 93.5 Å². The molecule has 0 aliphatic heterocycles. The van der Waals surface area contributed by atoms with Crippen LogP contribution in [0.2, 0.25) is 5.02 Å². The average molecular weight is 501 g/mol. The number of oxime groups is 1. The maximum Gasteiger partial charge on any atom is 0.159 e. The van der Waals surface area contributed by atoms with E-state index in [9.17, 15) is 0 Å². The monoisotopic (exact) mass is 500 g/mol. The lowest BCUT2D eigenvalue weighted by molar-refractivity contribution is 0.148. The normalized spacial score (nSPS) is 11.0. The quantitative estimate of drug-likeness (QED) is 0.137. The zero-order valence-electron chi connectivity index (χ0n) is 20.0. The fraction of sp³-hybridized carbons (Fsp3) is 0.185. The SMILES string of the molecule is CC#C/C(=N\OCCNC)c1ccc2ncnc(Nc3ccc(OCc4cccnc4)c(Cl)c3)c2c1. The maximum atomic E-state index is 6.49. The van der Waals surface area contributed by atoms with Crippen molar-refractivity contribution in [1.82, 2.24) is 20.3 Å². The number of benzene rings is 2. The number of nitrogens with one attached hydrogen (secondary N) is 2. The van der Waals surface area contributed by atoms with Gasteiger partial charge in [0.15, 0.2) is 5.71 Å². The Morgan fingerprint density at radius 2 is 2.06 bits per heavy atom. The third-order valence-corrected chi connectivity index (χ3v) is 5.36. The molecule has 0 saturated heterocycles. The second-order valence-electron chi connectivity index (χ2n) is 7.63. The van der Waals surface area contributed by atoms with Crippen LogP contribution in [0.1, 0.15) is 18.1 Å². The molecule has 0 radical (unpaired) electrons. The Balaban J connectivity index is 1.56. The first-order valence-corrected chi connectivity index (χ1v) is 11.7. The lowest BCUT2D eigenvalue weighted by Gasteiger charge is -2.12. The van der Waals surface area contributed by atoms with Gasteiger partial charge in [0.2, 0.25) is 0 Å². The molecule has 9 heteroatoms. The van der Waals surface area contributed by atoms with Crippen LogP contribution in [0.25, 0.3) is 10.9 Å². The van der Waals surface area contributed by atoms with Crippen LogP contribution in [-0.4, -0.2) is 40.9 Å². The number of likely N-dealkylation sites (N-methyl/N-ethyl adjacent to an activating group) is 1. The number of nitrogens with zero attached hydrogens (tertiary/aromatic N) is 4. The third kappa shape index (κ3) is 6.48. The summed E-state index contributed by atoms with van der Waals surface area (Å²) in [5.74, 6) is 7.10. The number of hydrogen-bond acceptors (Lipinski definition) is 8. The van der Waals surface area contributed by atoms with E-state index in [1.807, 2.05) is 49.5 Å². The van der Waals surface area contributed by atoms with Crippen molar-refractivity contribution >= 4 is 39.7 Å². The van der Waals surface area contributed by atoms with Crippen molar-refractivity contribution in [2.75, 3.05) is 25.5 Å². The summed E-state index contributed by atoms with van der Waals surface area (Å²) in [5, 5.41) is 11.8. The number of ether oxygens (including phenoxy) is 1. The van der Waals surface area contributed by atoms with Gasteiger partial charge in [0.1, 0.15) is 31.1 Å². The number of fused-ring (bicyclic) bond motifs is 1. The highest BCUT2D eigenvalue weighted by Gasteiger charge is 2.10. The van der Waals surface area contributed by atoms with Crippen molar-refractivity contribution in [3.05, 3.63) is 83.4 Å². The van der Waals surface area contributed by atoms with E-state index in [0.717, 1.165) is 27.7 Å². The number of aromatic nitrogens is 3. The predicted octanol–water partition coefficient (Wildman–Crippen LogP) is 4.96. The van der Waals surface area contributed by atoms with Crippen LogP contribution in [0.4, 0.5) is 11.5 Å². The summed E-state index contributed by atoms with van der Waals surface area (Å²) in [5.41, 5.74) is 3.83. The molecular weight excluding hydrogens is 476 g/mol. The zero-order valence-corrected chi connectivity index (χ0v) is 20.7. The standard InChI is InChI=1S/C27H25ClN6O2/c1-3-5-24(34-36-13-12-29-2)20-7-9-25-22(14-20)27(32-18-31-25)33-21-8-10-26(23(28)15-21)35-17-19-6-4-11-30-16-19/h4,6-11,14-16,18,29H,12-13,17H2,1-2H3,(H,31,32,33)/b34-24+. The van der Waals surface area contributed by atoms with E-state index in [2.05, 4.69) is 42.6 Å². The van der Waals surface area contributed by atoms with Gasteiger partial charge in [-0.05, 0) is 62.4 Å². The summed E-state index contributed by atoms with van der Waals surface area (Å²) in [6, 6.07) is 15.1. The Labute approximate surface area is 214 Å². The van der Waals surface area contributed by atoms with Crippen LogP contribution >= 0.6 is 11.6 Å². The molecule has 0 bridgehead atoms. The third-order valence-electron chi connectivity index (χ3n) is 5.06. The molecule has 182 valence electrons. The van der Waals surface area contributed by atoms with Gasteiger partial charge in [0.05, 0.1) is 10.5 Å². The van der Waals surface area contributed by atoms with E-state index in [0.29, 0.717) is 42.1 Å². The molecule has 4 aromatic rings. The largest absolute Gasteiger partial charge is 0.487 e. The van der Waals surface area contributed by atoms with E-state index in [4.69, 9.17) is 21.2 Å².